The predicted octanol–water partition coefficient (Wildman–Crippen LogP) is 1.58. The Bertz CT molecular complexity index is 536. The lowest BCUT2D eigenvalue weighted by Crippen LogP contribution is -2.43. The van der Waals surface area contributed by atoms with Gasteiger partial charge in [-0.25, -0.2) is 9.97 Å². The molecule has 0 spiro atoms. The summed E-state index contributed by atoms with van der Waals surface area (Å²) in [5, 5.41) is 9.31. The van der Waals surface area contributed by atoms with E-state index in [9.17, 15) is 9.90 Å². The molecule has 120 valence electrons. The van der Waals surface area contributed by atoms with E-state index >= 15 is 0 Å². The minimum absolute atomic E-state index is 0.312. The zero-order valence-corrected chi connectivity index (χ0v) is 13.6. The molecule has 7 heteroatoms. The summed E-state index contributed by atoms with van der Waals surface area (Å²) in [5.41, 5.74) is 0. The van der Waals surface area contributed by atoms with Crippen LogP contribution in [0.4, 0.5) is 11.6 Å². The molecule has 0 radical (unpaired) electrons. The van der Waals surface area contributed by atoms with Crippen LogP contribution in [-0.2, 0) is 4.79 Å². The standard InChI is InChI=1S/C15H22N4O2S/c1-11-6-12(15(20)21)9-19(8-11)14-7-13(16-10-17-14)18-2-4-22-5-3-18/h7,10-12H,2-6,8-9H2,1H3,(H,20,21). The van der Waals surface area contributed by atoms with Crippen molar-refractivity contribution in [2.45, 2.75) is 13.3 Å². The van der Waals surface area contributed by atoms with Gasteiger partial charge < -0.3 is 14.9 Å². The first kappa shape index (κ1) is 15.4. The van der Waals surface area contributed by atoms with Gasteiger partial charge in [0.15, 0.2) is 0 Å². The highest BCUT2D eigenvalue weighted by molar-refractivity contribution is 7.99. The Morgan fingerprint density at radius 1 is 1.23 bits per heavy atom. The second kappa shape index (κ2) is 6.73. The van der Waals surface area contributed by atoms with E-state index in [0.29, 0.717) is 12.5 Å². The Balaban J connectivity index is 1.77. The molecule has 2 saturated heterocycles. The summed E-state index contributed by atoms with van der Waals surface area (Å²) in [4.78, 5) is 24.5. The number of rotatable bonds is 3. The minimum Gasteiger partial charge on any atom is -0.481 e. The number of aromatic nitrogens is 2. The van der Waals surface area contributed by atoms with E-state index in [2.05, 4.69) is 26.7 Å². The van der Waals surface area contributed by atoms with Gasteiger partial charge in [0.2, 0.25) is 0 Å². The third kappa shape index (κ3) is 3.45. The van der Waals surface area contributed by atoms with Crippen molar-refractivity contribution in [2.24, 2.45) is 11.8 Å². The van der Waals surface area contributed by atoms with Crippen molar-refractivity contribution >= 4 is 29.4 Å². The Morgan fingerprint density at radius 2 is 1.91 bits per heavy atom. The lowest BCUT2D eigenvalue weighted by molar-refractivity contribution is -0.142. The molecule has 1 aromatic heterocycles. The van der Waals surface area contributed by atoms with Gasteiger partial charge in [-0.2, -0.15) is 11.8 Å². The number of aliphatic carboxylic acids is 1. The molecule has 0 bridgehead atoms. The fourth-order valence-electron chi connectivity index (χ4n) is 3.19. The number of hydrogen-bond donors (Lipinski definition) is 1. The molecule has 2 atom stereocenters. The first-order valence-corrected chi connectivity index (χ1v) is 8.91. The van der Waals surface area contributed by atoms with Crippen molar-refractivity contribution in [3.05, 3.63) is 12.4 Å². The molecule has 0 saturated carbocycles. The molecule has 0 amide bonds. The monoisotopic (exact) mass is 322 g/mol. The number of carboxylic acids is 1. The summed E-state index contributed by atoms with van der Waals surface area (Å²) in [6, 6.07) is 2.01. The van der Waals surface area contributed by atoms with Crippen LogP contribution in [0.1, 0.15) is 13.3 Å². The third-order valence-electron chi connectivity index (χ3n) is 4.31. The molecular formula is C15H22N4O2S. The molecule has 2 aliphatic rings. The van der Waals surface area contributed by atoms with Crippen molar-refractivity contribution in [3.8, 4) is 0 Å². The van der Waals surface area contributed by atoms with Crippen molar-refractivity contribution in [1.82, 2.24) is 9.97 Å². The van der Waals surface area contributed by atoms with Crippen LogP contribution in [0, 0.1) is 11.8 Å². The maximum absolute atomic E-state index is 11.3. The molecule has 1 aromatic rings. The smallest absolute Gasteiger partial charge is 0.308 e. The highest BCUT2D eigenvalue weighted by atomic mass is 32.2. The zero-order chi connectivity index (χ0) is 15.5. The summed E-state index contributed by atoms with van der Waals surface area (Å²) in [6.07, 6.45) is 2.34. The Hall–Kier alpha value is -1.50. The van der Waals surface area contributed by atoms with Gasteiger partial charge in [-0.05, 0) is 12.3 Å². The van der Waals surface area contributed by atoms with Gasteiger partial charge in [0.25, 0.3) is 0 Å². The molecule has 3 rings (SSSR count). The van der Waals surface area contributed by atoms with Gasteiger partial charge in [0.1, 0.15) is 18.0 Å². The first-order valence-electron chi connectivity index (χ1n) is 7.76. The topological polar surface area (TPSA) is 69.6 Å². The minimum atomic E-state index is -0.709. The number of nitrogens with zero attached hydrogens (tertiary/aromatic N) is 4. The second-order valence-electron chi connectivity index (χ2n) is 6.11. The lowest BCUT2D eigenvalue weighted by atomic mass is 9.90. The molecule has 2 aliphatic heterocycles. The predicted molar refractivity (Wildman–Crippen MR) is 88.7 cm³/mol. The van der Waals surface area contributed by atoms with Crippen LogP contribution in [0.3, 0.4) is 0 Å². The highest BCUT2D eigenvalue weighted by Crippen LogP contribution is 2.27. The van der Waals surface area contributed by atoms with Crippen LogP contribution >= 0.6 is 11.8 Å². The van der Waals surface area contributed by atoms with E-state index in [1.165, 1.54) is 0 Å². The average molecular weight is 322 g/mol. The van der Waals surface area contributed by atoms with Crippen molar-refractivity contribution in [1.29, 1.82) is 0 Å². The molecule has 3 heterocycles. The van der Waals surface area contributed by atoms with Gasteiger partial charge in [-0.15, -0.1) is 0 Å². The van der Waals surface area contributed by atoms with Gasteiger partial charge in [0.05, 0.1) is 5.92 Å². The summed E-state index contributed by atoms with van der Waals surface area (Å²) in [7, 11) is 0. The Kier molecular flexibility index (Phi) is 4.71. The molecule has 0 aliphatic carbocycles. The van der Waals surface area contributed by atoms with Gasteiger partial charge in [-0.3, -0.25) is 4.79 Å². The summed E-state index contributed by atoms with van der Waals surface area (Å²) < 4.78 is 0. The van der Waals surface area contributed by atoms with E-state index in [1.807, 2.05) is 17.8 Å². The van der Waals surface area contributed by atoms with Gasteiger partial charge >= 0.3 is 5.97 Å². The number of carbonyl (C=O) groups is 1. The first-order chi connectivity index (χ1) is 10.6. The van der Waals surface area contributed by atoms with E-state index in [4.69, 9.17) is 0 Å². The van der Waals surface area contributed by atoms with Crippen LogP contribution in [0.5, 0.6) is 0 Å². The molecule has 0 aromatic carbocycles. The number of carboxylic acid groups (broad SMARTS) is 1. The quantitative estimate of drug-likeness (QED) is 0.906. The summed E-state index contributed by atoms with van der Waals surface area (Å²) >= 11 is 1.97. The van der Waals surface area contributed by atoms with Crippen molar-refractivity contribution in [3.63, 3.8) is 0 Å². The van der Waals surface area contributed by atoms with Crippen LogP contribution in [0.25, 0.3) is 0 Å². The van der Waals surface area contributed by atoms with Gasteiger partial charge in [-0.1, -0.05) is 6.92 Å². The molecular weight excluding hydrogens is 300 g/mol. The SMILES string of the molecule is CC1CC(C(=O)O)CN(c2cc(N3CCSCC3)ncn2)C1. The van der Waals surface area contributed by atoms with Crippen molar-refractivity contribution in [2.75, 3.05) is 47.5 Å². The molecule has 2 unspecified atom stereocenters. The fourth-order valence-corrected chi connectivity index (χ4v) is 4.10. The van der Waals surface area contributed by atoms with Crippen LogP contribution in [-0.4, -0.2) is 58.7 Å². The van der Waals surface area contributed by atoms with E-state index in [-0.39, 0.29) is 5.92 Å². The summed E-state index contributed by atoms with van der Waals surface area (Å²) in [5.74, 6) is 3.39. The maximum Gasteiger partial charge on any atom is 0.308 e. The maximum atomic E-state index is 11.3. The zero-order valence-electron chi connectivity index (χ0n) is 12.8. The van der Waals surface area contributed by atoms with E-state index in [0.717, 1.165) is 49.2 Å². The normalized spacial score (nSPS) is 26.0. The fraction of sp³-hybridized carbons (Fsp3) is 0.667. The summed E-state index contributed by atoms with van der Waals surface area (Å²) in [6.45, 7) is 5.51. The van der Waals surface area contributed by atoms with Gasteiger partial charge in [0, 0.05) is 43.8 Å². The number of piperidine rings is 1. The van der Waals surface area contributed by atoms with Crippen LogP contribution < -0.4 is 9.80 Å². The Labute approximate surface area is 134 Å². The third-order valence-corrected chi connectivity index (χ3v) is 5.25. The molecule has 1 N–H and O–H groups in total. The highest BCUT2D eigenvalue weighted by Gasteiger charge is 2.30. The van der Waals surface area contributed by atoms with Crippen molar-refractivity contribution < 1.29 is 9.90 Å². The molecule has 2 fully saturated rings. The lowest BCUT2D eigenvalue weighted by Gasteiger charge is -2.36. The molecule has 6 nitrogen and oxygen atoms in total. The average Bonchev–Trinajstić information content (AvgIpc) is 2.55. The van der Waals surface area contributed by atoms with E-state index in [1.54, 1.807) is 6.33 Å². The number of hydrogen-bond acceptors (Lipinski definition) is 6. The second-order valence-corrected chi connectivity index (χ2v) is 7.34. The number of thioether (sulfide) groups is 1. The Morgan fingerprint density at radius 3 is 2.59 bits per heavy atom. The number of anilines is 2. The van der Waals surface area contributed by atoms with E-state index < -0.39 is 5.97 Å². The molecule has 22 heavy (non-hydrogen) atoms. The van der Waals surface area contributed by atoms with Crippen LogP contribution in [0.15, 0.2) is 12.4 Å². The van der Waals surface area contributed by atoms with Crippen LogP contribution in [0.2, 0.25) is 0 Å². The largest absolute Gasteiger partial charge is 0.481 e.